The van der Waals surface area contributed by atoms with E-state index in [9.17, 15) is 4.79 Å². The first kappa shape index (κ1) is 18.3. The number of hydrogen-bond donors (Lipinski definition) is 2. The molecular formula is C14H23ClN2OS. The van der Waals surface area contributed by atoms with Gasteiger partial charge >= 0.3 is 0 Å². The Morgan fingerprint density at radius 2 is 2.00 bits per heavy atom. The van der Waals surface area contributed by atoms with E-state index >= 15 is 0 Å². The Bertz CT molecular complexity index is 399. The molecule has 0 aliphatic heterocycles. The first-order chi connectivity index (χ1) is 8.63. The maximum Gasteiger partial charge on any atom is 0.230 e. The highest BCUT2D eigenvalue weighted by molar-refractivity contribution is 8.00. The van der Waals surface area contributed by atoms with Crippen LogP contribution in [0.2, 0.25) is 0 Å². The molecule has 1 aromatic rings. The Labute approximate surface area is 126 Å². The zero-order valence-electron chi connectivity index (χ0n) is 11.8. The Kier molecular flexibility index (Phi) is 9.74. The van der Waals surface area contributed by atoms with Crippen LogP contribution >= 0.6 is 24.2 Å². The van der Waals surface area contributed by atoms with Crippen LogP contribution in [0.15, 0.2) is 23.1 Å². The summed E-state index contributed by atoms with van der Waals surface area (Å²) in [6, 6.07) is 6.32. The minimum Gasteiger partial charge on any atom is -0.354 e. The number of benzene rings is 1. The van der Waals surface area contributed by atoms with E-state index in [1.807, 2.05) is 0 Å². The fourth-order valence-corrected chi connectivity index (χ4v) is 2.48. The van der Waals surface area contributed by atoms with Gasteiger partial charge in [0.2, 0.25) is 5.91 Å². The minimum absolute atomic E-state index is 0. The zero-order valence-corrected chi connectivity index (χ0v) is 13.4. The molecule has 0 spiro atoms. The van der Waals surface area contributed by atoms with E-state index < -0.39 is 0 Å². The van der Waals surface area contributed by atoms with Crippen molar-refractivity contribution < 1.29 is 4.79 Å². The number of likely N-dealkylation sites (N-methyl/N-ethyl adjacent to an activating group) is 1. The number of amides is 1. The summed E-state index contributed by atoms with van der Waals surface area (Å²) >= 11 is 1.60. The van der Waals surface area contributed by atoms with Gasteiger partial charge in [-0.2, -0.15) is 0 Å². The first-order valence-electron chi connectivity index (χ1n) is 6.31. The highest BCUT2D eigenvalue weighted by atomic mass is 35.5. The van der Waals surface area contributed by atoms with Gasteiger partial charge in [-0.05, 0) is 32.0 Å². The van der Waals surface area contributed by atoms with Crippen LogP contribution in [0.3, 0.4) is 0 Å². The lowest BCUT2D eigenvalue weighted by Crippen LogP contribution is -2.32. The maximum absolute atomic E-state index is 11.6. The van der Waals surface area contributed by atoms with Gasteiger partial charge in [0, 0.05) is 18.0 Å². The second kappa shape index (κ2) is 10.1. The van der Waals surface area contributed by atoms with Crippen LogP contribution in [-0.4, -0.2) is 31.3 Å². The van der Waals surface area contributed by atoms with E-state index in [1.54, 1.807) is 11.8 Å². The third-order valence-electron chi connectivity index (χ3n) is 2.58. The Morgan fingerprint density at radius 3 is 2.68 bits per heavy atom. The van der Waals surface area contributed by atoms with Crippen molar-refractivity contribution >= 4 is 30.1 Å². The summed E-state index contributed by atoms with van der Waals surface area (Å²) < 4.78 is 0. The van der Waals surface area contributed by atoms with Crippen molar-refractivity contribution in [1.82, 2.24) is 10.6 Å². The summed E-state index contributed by atoms with van der Waals surface area (Å²) in [6.07, 6.45) is 0. The van der Waals surface area contributed by atoms with Crippen molar-refractivity contribution in [2.45, 2.75) is 25.7 Å². The number of nitrogens with one attached hydrogen (secondary N) is 2. The van der Waals surface area contributed by atoms with Crippen LogP contribution in [0.5, 0.6) is 0 Å². The number of thioether (sulfide) groups is 1. The van der Waals surface area contributed by atoms with E-state index in [4.69, 9.17) is 0 Å². The third kappa shape index (κ3) is 7.45. The third-order valence-corrected chi connectivity index (χ3v) is 3.73. The fraction of sp³-hybridized carbons (Fsp3) is 0.500. The van der Waals surface area contributed by atoms with Crippen molar-refractivity contribution in [2.75, 3.05) is 25.4 Å². The minimum atomic E-state index is 0. The van der Waals surface area contributed by atoms with E-state index in [1.165, 1.54) is 16.0 Å². The van der Waals surface area contributed by atoms with Gasteiger partial charge in [-0.15, -0.1) is 24.2 Å². The van der Waals surface area contributed by atoms with Gasteiger partial charge in [0.15, 0.2) is 0 Å². The van der Waals surface area contributed by atoms with E-state index in [2.05, 4.69) is 49.6 Å². The largest absolute Gasteiger partial charge is 0.354 e. The van der Waals surface area contributed by atoms with E-state index in [0.717, 1.165) is 13.1 Å². The summed E-state index contributed by atoms with van der Waals surface area (Å²) in [4.78, 5) is 12.8. The van der Waals surface area contributed by atoms with Crippen molar-refractivity contribution in [3.8, 4) is 0 Å². The van der Waals surface area contributed by atoms with Gasteiger partial charge in [-0.1, -0.05) is 24.6 Å². The molecule has 19 heavy (non-hydrogen) atoms. The summed E-state index contributed by atoms with van der Waals surface area (Å²) in [5, 5.41) is 6.07. The second-order valence-electron chi connectivity index (χ2n) is 4.26. The van der Waals surface area contributed by atoms with Gasteiger partial charge in [-0.25, -0.2) is 0 Å². The summed E-state index contributed by atoms with van der Waals surface area (Å²) in [5.74, 6) is 0.579. The average Bonchev–Trinajstić information content (AvgIpc) is 2.36. The molecule has 0 heterocycles. The molecule has 0 atom stereocenters. The average molecular weight is 303 g/mol. The lowest BCUT2D eigenvalue weighted by atomic mass is 10.2. The molecule has 2 N–H and O–H groups in total. The molecule has 1 aromatic carbocycles. The molecule has 1 rings (SSSR count). The standard InChI is InChI=1S/C14H22N2OS.ClH/c1-4-15-7-8-16-14(17)10-18-13-9-11(2)5-6-12(13)3;/h5-6,9,15H,4,7-8,10H2,1-3H3,(H,16,17);1H. The molecule has 0 unspecified atom stereocenters. The molecule has 5 heteroatoms. The molecule has 1 amide bonds. The Balaban J connectivity index is 0.00000324. The number of rotatable bonds is 7. The zero-order chi connectivity index (χ0) is 13.4. The van der Waals surface area contributed by atoms with Gasteiger partial charge in [-0.3, -0.25) is 4.79 Å². The van der Waals surface area contributed by atoms with E-state index in [0.29, 0.717) is 12.3 Å². The number of carbonyl (C=O) groups excluding carboxylic acids is 1. The van der Waals surface area contributed by atoms with Gasteiger partial charge in [0.05, 0.1) is 5.75 Å². The lowest BCUT2D eigenvalue weighted by molar-refractivity contribution is -0.118. The molecule has 0 saturated carbocycles. The molecule has 0 radical (unpaired) electrons. The summed E-state index contributed by atoms with van der Waals surface area (Å²) in [6.45, 7) is 8.66. The van der Waals surface area contributed by atoms with Crippen LogP contribution in [-0.2, 0) is 4.79 Å². The molecule has 3 nitrogen and oxygen atoms in total. The van der Waals surface area contributed by atoms with Crippen molar-refractivity contribution in [2.24, 2.45) is 0 Å². The van der Waals surface area contributed by atoms with Crippen molar-refractivity contribution in [3.63, 3.8) is 0 Å². The molecule has 0 aliphatic carbocycles. The molecule has 0 bridgehead atoms. The number of carbonyl (C=O) groups is 1. The SMILES string of the molecule is CCNCCNC(=O)CSc1cc(C)ccc1C.Cl. The molecule has 0 aromatic heterocycles. The monoisotopic (exact) mass is 302 g/mol. The molecular weight excluding hydrogens is 280 g/mol. The van der Waals surface area contributed by atoms with E-state index in [-0.39, 0.29) is 18.3 Å². The topological polar surface area (TPSA) is 41.1 Å². The number of halogens is 1. The van der Waals surface area contributed by atoms with Crippen LogP contribution in [0.4, 0.5) is 0 Å². The fourth-order valence-electron chi connectivity index (χ4n) is 1.52. The normalized spacial score (nSPS) is 9.84. The summed E-state index contributed by atoms with van der Waals surface area (Å²) in [5.41, 5.74) is 2.46. The second-order valence-corrected chi connectivity index (χ2v) is 5.28. The van der Waals surface area contributed by atoms with Crippen LogP contribution in [0, 0.1) is 13.8 Å². The van der Waals surface area contributed by atoms with Crippen molar-refractivity contribution in [1.29, 1.82) is 0 Å². The van der Waals surface area contributed by atoms with Crippen LogP contribution in [0.1, 0.15) is 18.1 Å². The Morgan fingerprint density at radius 1 is 1.26 bits per heavy atom. The molecule has 0 fully saturated rings. The lowest BCUT2D eigenvalue weighted by Gasteiger charge is -2.08. The van der Waals surface area contributed by atoms with Crippen molar-refractivity contribution in [3.05, 3.63) is 29.3 Å². The molecule has 0 aliphatic rings. The first-order valence-corrected chi connectivity index (χ1v) is 7.29. The number of aryl methyl sites for hydroxylation is 2. The smallest absolute Gasteiger partial charge is 0.230 e. The van der Waals surface area contributed by atoms with Gasteiger partial charge in [0.25, 0.3) is 0 Å². The summed E-state index contributed by atoms with van der Waals surface area (Å²) in [7, 11) is 0. The predicted octanol–water partition coefficient (Wildman–Crippen LogP) is 2.54. The highest BCUT2D eigenvalue weighted by Crippen LogP contribution is 2.23. The highest BCUT2D eigenvalue weighted by Gasteiger charge is 2.04. The Hall–Kier alpha value is -0.710. The number of hydrogen-bond acceptors (Lipinski definition) is 3. The maximum atomic E-state index is 11.6. The van der Waals surface area contributed by atoms with Gasteiger partial charge < -0.3 is 10.6 Å². The van der Waals surface area contributed by atoms with Crippen LogP contribution in [0.25, 0.3) is 0 Å². The predicted molar refractivity (Wildman–Crippen MR) is 85.4 cm³/mol. The molecule has 108 valence electrons. The van der Waals surface area contributed by atoms with Crippen LogP contribution < -0.4 is 10.6 Å². The van der Waals surface area contributed by atoms with Gasteiger partial charge in [0.1, 0.15) is 0 Å². The quantitative estimate of drug-likeness (QED) is 0.601. The molecule has 0 saturated heterocycles.